The summed E-state index contributed by atoms with van der Waals surface area (Å²) in [7, 11) is 0. The third-order valence-corrected chi connectivity index (χ3v) is 6.04. The second-order valence-corrected chi connectivity index (χ2v) is 8.55. The summed E-state index contributed by atoms with van der Waals surface area (Å²) in [6, 6.07) is 17.3. The van der Waals surface area contributed by atoms with Crippen LogP contribution >= 0.6 is 23.4 Å². The molecule has 0 aliphatic rings. The molecule has 0 aliphatic carbocycles. The molecule has 10 heteroatoms. The van der Waals surface area contributed by atoms with E-state index in [1.54, 1.807) is 60.9 Å². The number of nitrogens with zero attached hydrogens (tertiary/aromatic N) is 4. The smallest absolute Gasteiger partial charge is 0.255 e. The van der Waals surface area contributed by atoms with Crippen molar-refractivity contribution >= 4 is 46.6 Å². The summed E-state index contributed by atoms with van der Waals surface area (Å²) in [5, 5.41) is 15.4. The van der Waals surface area contributed by atoms with Crippen LogP contribution in [0.5, 0.6) is 0 Å². The van der Waals surface area contributed by atoms with E-state index >= 15 is 0 Å². The molecule has 0 saturated heterocycles. The Balaban J connectivity index is 1.32. The SMILES string of the molecule is CCn1c(SCC(=O)Nc2ccc(NC(=O)c3ccc(Cl)cc3)cc2)nnc1-c1cccnc1. The van der Waals surface area contributed by atoms with Gasteiger partial charge in [0.2, 0.25) is 5.91 Å². The van der Waals surface area contributed by atoms with Crippen molar-refractivity contribution in [2.24, 2.45) is 0 Å². The lowest BCUT2D eigenvalue weighted by atomic mass is 10.2. The molecule has 2 aromatic carbocycles. The average molecular weight is 493 g/mol. The van der Waals surface area contributed by atoms with E-state index < -0.39 is 0 Å². The highest BCUT2D eigenvalue weighted by Crippen LogP contribution is 2.24. The number of pyridine rings is 1. The van der Waals surface area contributed by atoms with Crippen molar-refractivity contribution in [1.82, 2.24) is 19.7 Å². The van der Waals surface area contributed by atoms with E-state index in [0.29, 0.717) is 33.7 Å². The van der Waals surface area contributed by atoms with Gasteiger partial charge in [-0.05, 0) is 67.6 Å². The van der Waals surface area contributed by atoms with Gasteiger partial charge < -0.3 is 15.2 Å². The highest BCUT2D eigenvalue weighted by atomic mass is 35.5. The van der Waals surface area contributed by atoms with Crippen LogP contribution in [-0.2, 0) is 11.3 Å². The molecule has 172 valence electrons. The molecule has 8 nitrogen and oxygen atoms in total. The molecule has 2 amide bonds. The summed E-state index contributed by atoms with van der Waals surface area (Å²) in [5.74, 6) is 0.488. The number of hydrogen-bond acceptors (Lipinski definition) is 6. The lowest BCUT2D eigenvalue weighted by Crippen LogP contribution is -2.15. The van der Waals surface area contributed by atoms with Crippen LogP contribution in [0.4, 0.5) is 11.4 Å². The predicted octanol–water partition coefficient (Wildman–Crippen LogP) is 5.00. The molecule has 0 radical (unpaired) electrons. The largest absolute Gasteiger partial charge is 0.325 e. The van der Waals surface area contributed by atoms with Crippen LogP contribution in [0.15, 0.2) is 78.2 Å². The van der Waals surface area contributed by atoms with Gasteiger partial charge in [-0.15, -0.1) is 10.2 Å². The quantitative estimate of drug-likeness (QED) is 0.336. The third kappa shape index (κ3) is 5.81. The van der Waals surface area contributed by atoms with E-state index in [0.717, 1.165) is 11.4 Å². The van der Waals surface area contributed by atoms with Crippen LogP contribution < -0.4 is 10.6 Å². The highest BCUT2D eigenvalue weighted by molar-refractivity contribution is 7.99. The van der Waals surface area contributed by atoms with Crippen molar-refractivity contribution in [3.05, 3.63) is 83.6 Å². The molecule has 0 aliphatic heterocycles. The second-order valence-electron chi connectivity index (χ2n) is 7.17. The monoisotopic (exact) mass is 492 g/mol. The number of anilines is 2. The second kappa shape index (κ2) is 11.0. The van der Waals surface area contributed by atoms with Crippen molar-refractivity contribution in [3.63, 3.8) is 0 Å². The number of carbonyl (C=O) groups excluding carboxylic acids is 2. The lowest BCUT2D eigenvalue weighted by molar-refractivity contribution is -0.113. The van der Waals surface area contributed by atoms with Crippen LogP contribution in [0.2, 0.25) is 5.02 Å². The number of hydrogen-bond donors (Lipinski definition) is 2. The molecular weight excluding hydrogens is 472 g/mol. The molecule has 4 aromatic rings. The van der Waals surface area contributed by atoms with Crippen molar-refractivity contribution in [2.45, 2.75) is 18.6 Å². The van der Waals surface area contributed by atoms with Crippen LogP contribution in [0.1, 0.15) is 17.3 Å². The molecule has 2 N–H and O–H groups in total. The van der Waals surface area contributed by atoms with Gasteiger partial charge in [-0.25, -0.2) is 0 Å². The fraction of sp³-hybridized carbons (Fsp3) is 0.125. The molecule has 0 atom stereocenters. The maximum Gasteiger partial charge on any atom is 0.255 e. The topological polar surface area (TPSA) is 102 Å². The molecular formula is C24H21ClN6O2S. The first kappa shape index (κ1) is 23.5. The molecule has 0 saturated carbocycles. The van der Waals surface area contributed by atoms with Crippen LogP contribution in [-0.4, -0.2) is 37.3 Å². The Labute approximate surface area is 205 Å². The van der Waals surface area contributed by atoms with Crippen molar-refractivity contribution < 1.29 is 9.59 Å². The minimum Gasteiger partial charge on any atom is -0.325 e. The molecule has 0 fully saturated rings. The van der Waals surface area contributed by atoms with Gasteiger partial charge >= 0.3 is 0 Å². The van der Waals surface area contributed by atoms with E-state index in [1.165, 1.54) is 11.8 Å². The van der Waals surface area contributed by atoms with Gasteiger partial charge in [-0.3, -0.25) is 14.6 Å². The summed E-state index contributed by atoms with van der Waals surface area (Å²) >= 11 is 7.17. The van der Waals surface area contributed by atoms with Crippen LogP contribution in [0.25, 0.3) is 11.4 Å². The number of nitrogens with one attached hydrogen (secondary N) is 2. The first-order chi connectivity index (χ1) is 16.5. The Kier molecular flexibility index (Phi) is 7.56. The zero-order valence-electron chi connectivity index (χ0n) is 18.2. The van der Waals surface area contributed by atoms with E-state index in [9.17, 15) is 9.59 Å². The van der Waals surface area contributed by atoms with Gasteiger partial charge in [0, 0.05) is 46.5 Å². The van der Waals surface area contributed by atoms with Crippen molar-refractivity contribution in [2.75, 3.05) is 16.4 Å². The average Bonchev–Trinajstić information content (AvgIpc) is 3.28. The Morgan fingerprint density at radius 1 is 0.971 bits per heavy atom. The minimum atomic E-state index is -0.240. The molecule has 0 spiro atoms. The summed E-state index contributed by atoms with van der Waals surface area (Å²) in [6.45, 7) is 2.67. The number of carbonyl (C=O) groups is 2. The Bertz CT molecular complexity index is 1280. The number of aromatic nitrogens is 4. The standard InChI is InChI=1S/C24H21ClN6O2S/c1-2-31-22(17-4-3-13-26-14-17)29-30-24(31)34-15-21(32)27-19-9-11-20(12-10-19)28-23(33)16-5-7-18(25)8-6-16/h3-14H,2,15H2,1H3,(H,27,32)(H,28,33). The number of amides is 2. The maximum atomic E-state index is 12.5. The summed E-state index contributed by atoms with van der Waals surface area (Å²) < 4.78 is 1.95. The summed E-state index contributed by atoms with van der Waals surface area (Å²) in [5.41, 5.74) is 2.62. The normalized spacial score (nSPS) is 10.6. The number of thioether (sulfide) groups is 1. The van der Waals surface area contributed by atoms with E-state index in [1.807, 2.05) is 23.6 Å². The van der Waals surface area contributed by atoms with Gasteiger partial charge in [-0.2, -0.15) is 0 Å². The first-order valence-electron chi connectivity index (χ1n) is 10.5. The van der Waals surface area contributed by atoms with Gasteiger partial charge in [0.25, 0.3) is 5.91 Å². The maximum absolute atomic E-state index is 12.5. The van der Waals surface area contributed by atoms with E-state index in [-0.39, 0.29) is 17.6 Å². The molecule has 4 rings (SSSR count). The Morgan fingerprint density at radius 2 is 1.68 bits per heavy atom. The first-order valence-corrected chi connectivity index (χ1v) is 11.8. The molecule has 2 aromatic heterocycles. The fourth-order valence-electron chi connectivity index (χ4n) is 3.16. The zero-order valence-corrected chi connectivity index (χ0v) is 19.8. The number of halogens is 1. The van der Waals surface area contributed by atoms with Gasteiger partial charge in [0.05, 0.1) is 5.75 Å². The number of rotatable bonds is 8. The Hall–Kier alpha value is -3.69. The van der Waals surface area contributed by atoms with Gasteiger partial charge in [0.1, 0.15) is 0 Å². The molecule has 2 heterocycles. The molecule has 0 bridgehead atoms. The van der Waals surface area contributed by atoms with E-state index in [2.05, 4.69) is 25.8 Å². The summed E-state index contributed by atoms with van der Waals surface area (Å²) in [4.78, 5) is 28.9. The minimum absolute atomic E-state index is 0.170. The van der Waals surface area contributed by atoms with Crippen molar-refractivity contribution in [1.29, 1.82) is 0 Å². The molecule has 0 unspecified atom stereocenters. The fourth-order valence-corrected chi connectivity index (χ4v) is 4.09. The van der Waals surface area contributed by atoms with Crippen LogP contribution in [0.3, 0.4) is 0 Å². The zero-order chi connectivity index (χ0) is 23.9. The lowest BCUT2D eigenvalue weighted by Gasteiger charge is -2.09. The predicted molar refractivity (Wildman–Crippen MR) is 134 cm³/mol. The van der Waals surface area contributed by atoms with Gasteiger partial charge in [-0.1, -0.05) is 23.4 Å². The van der Waals surface area contributed by atoms with Crippen molar-refractivity contribution in [3.8, 4) is 11.4 Å². The number of benzene rings is 2. The van der Waals surface area contributed by atoms with E-state index in [4.69, 9.17) is 11.6 Å². The molecule has 34 heavy (non-hydrogen) atoms. The van der Waals surface area contributed by atoms with Crippen LogP contribution in [0, 0.1) is 0 Å². The highest BCUT2D eigenvalue weighted by Gasteiger charge is 2.15. The third-order valence-electron chi connectivity index (χ3n) is 4.82. The Morgan fingerprint density at radius 3 is 2.32 bits per heavy atom. The van der Waals surface area contributed by atoms with Gasteiger partial charge in [0.15, 0.2) is 11.0 Å². The summed E-state index contributed by atoms with van der Waals surface area (Å²) in [6.07, 6.45) is 3.44.